The molecule has 2 aromatic rings. The maximum Gasteiger partial charge on any atom is 0.227 e. The van der Waals surface area contributed by atoms with Crippen LogP contribution in [0.25, 0.3) is 0 Å². The van der Waals surface area contributed by atoms with Gasteiger partial charge in [0.1, 0.15) is 0 Å². The Morgan fingerprint density at radius 2 is 1.42 bits per heavy atom. The molecule has 0 saturated carbocycles. The summed E-state index contributed by atoms with van der Waals surface area (Å²) in [6.45, 7) is 9.63. The number of para-hydroxylation sites is 2. The van der Waals surface area contributed by atoms with Gasteiger partial charge in [-0.2, -0.15) is 0 Å². The van der Waals surface area contributed by atoms with E-state index in [2.05, 4.69) is 56.0 Å². The molecule has 1 aliphatic heterocycles. The molecule has 2 aromatic carbocycles. The number of anilines is 2. The molecule has 0 fully saturated rings. The van der Waals surface area contributed by atoms with Crippen LogP contribution < -0.4 is 9.80 Å². The molecule has 3 rings (SSSR count). The first-order valence-corrected chi connectivity index (χ1v) is 13.9. The van der Waals surface area contributed by atoms with Crippen molar-refractivity contribution in [1.82, 2.24) is 0 Å². The van der Waals surface area contributed by atoms with Gasteiger partial charge in [0.25, 0.3) is 0 Å². The summed E-state index contributed by atoms with van der Waals surface area (Å²) in [5.74, 6) is 0.0296. The molecule has 36 heavy (non-hydrogen) atoms. The predicted molar refractivity (Wildman–Crippen MR) is 167 cm³/mol. The monoisotopic (exact) mass is 602 g/mol. The molecule has 1 aliphatic rings. The molecule has 1 amide bonds. The lowest BCUT2D eigenvalue weighted by atomic mass is 9.80. The zero-order chi connectivity index (χ0) is 25.1. The van der Waals surface area contributed by atoms with E-state index in [1.165, 1.54) is 75.5 Å². The topological polar surface area (TPSA) is 23.6 Å². The Labute approximate surface area is 237 Å². The maximum atomic E-state index is 12.4. The quantitative estimate of drug-likeness (QED) is 0.159. The molecule has 198 valence electrons. The summed E-state index contributed by atoms with van der Waals surface area (Å²) >= 11 is 0. The number of unbranched alkanes of at least 4 members (excludes halogenated alkanes) is 9. The van der Waals surface area contributed by atoms with Crippen LogP contribution in [-0.4, -0.2) is 18.5 Å². The van der Waals surface area contributed by atoms with E-state index in [0.29, 0.717) is 0 Å². The van der Waals surface area contributed by atoms with Crippen LogP contribution in [0.4, 0.5) is 11.4 Å². The van der Waals surface area contributed by atoms with Crippen LogP contribution in [0.15, 0.2) is 66.9 Å². The summed E-state index contributed by atoms with van der Waals surface area (Å²) in [6, 6.07) is 19.0. The second kappa shape index (κ2) is 15.4. The number of hydrogen-bond donors (Lipinski definition) is 0. The van der Waals surface area contributed by atoms with Crippen molar-refractivity contribution in [2.45, 2.75) is 103 Å². The molecule has 4 heteroatoms. The fourth-order valence-corrected chi connectivity index (χ4v) is 5.47. The van der Waals surface area contributed by atoms with E-state index < -0.39 is 0 Å². The van der Waals surface area contributed by atoms with Gasteiger partial charge in [-0.3, -0.25) is 9.69 Å². The van der Waals surface area contributed by atoms with Crippen LogP contribution in [0.3, 0.4) is 0 Å². The summed E-state index contributed by atoms with van der Waals surface area (Å²) < 4.78 is 0. The van der Waals surface area contributed by atoms with E-state index in [4.69, 9.17) is 0 Å². The smallest absolute Gasteiger partial charge is 0.227 e. The van der Waals surface area contributed by atoms with Gasteiger partial charge in [-0.25, -0.2) is 0 Å². The predicted octanol–water partition coefficient (Wildman–Crippen LogP) is 9.26. The first kappa shape index (κ1) is 30.4. The Kier molecular flexibility index (Phi) is 13.0. The maximum absolute atomic E-state index is 12.4. The number of halogens is 1. The van der Waals surface area contributed by atoms with E-state index in [1.54, 1.807) is 11.8 Å². The van der Waals surface area contributed by atoms with Gasteiger partial charge in [0.05, 0.1) is 6.04 Å². The molecular formula is C32H47IN2O. The average molecular weight is 603 g/mol. The summed E-state index contributed by atoms with van der Waals surface area (Å²) in [4.78, 5) is 16.8. The largest absolute Gasteiger partial charge is 0.364 e. The Morgan fingerprint density at radius 1 is 0.861 bits per heavy atom. The lowest BCUT2D eigenvalue weighted by molar-refractivity contribution is -0.116. The van der Waals surface area contributed by atoms with Crippen LogP contribution in [0.1, 0.15) is 97.5 Å². The van der Waals surface area contributed by atoms with Crippen LogP contribution in [0.2, 0.25) is 0 Å². The fourth-order valence-electron chi connectivity index (χ4n) is 5.47. The normalized spacial score (nSPS) is 16.1. The van der Waals surface area contributed by atoms with Gasteiger partial charge in [-0.15, -0.1) is 24.0 Å². The number of hydrogen-bond acceptors (Lipinski definition) is 2. The first-order chi connectivity index (χ1) is 17.0. The van der Waals surface area contributed by atoms with Gasteiger partial charge in [0, 0.05) is 36.5 Å². The van der Waals surface area contributed by atoms with Crippen LogP contribution >= 0.6 is 24.0 Å². The van der Waals surface area contributed by atoms with Crippen LogP contribution in [0.5, 0.6) is 0 Å². The zero-order valence-corrected chi connectivity index (χ0v) is 25.2. The third kappa shape index (κ3) is 8.09. The SMILES string of the molecule is CCCCCCCCCCCCN1c2ccccc2C(C)(C)C1/C=C/N(C(C)=O)c1ccccc1.I. The fraction of sp³-hybridized carbons (Fsp3) is 0.531. The van der Waals surface area contributed by atoms with Gasteiger partial charge < -0.3 is 4.90 Å². The van der Waals surface area contributed by atoms with Gasteiger partial charge in [0.2, 0.25) is 5.91 Å². The lowest BCUT2D eigenvalue weighted by Gasteiger charge is -2.33. The molecule has 0 radical (unpaired) electrons. The van der Waals surface area contributed by atoms with Crippen molar-refractivity contribution in [2.75, 3.05) is 16.3 Å². The highest BCUT2D eigenvalue weighted by atomic mass is 127. The van der Waals surface area contributed by atoms with Gasteiger partial charge in [-0.05, 0) is 36.3 Å². The summed E-state index contributed by atoms with van der Waals surface area (Å²) in [7, 11) is 0. The second-order valence-electron chi connectivity index (χ2n) is 10.6. The molecule has 1 heterocycles. The van der Waals surface area contributed by atoms with Crippen molar-refractivity contribution in [3.05, 3.63) is 72.4 Å². The van der Waals surface area contributed by atoms with Crippen molar-refractivity contribution in [2.24, 2.45) is 0 Å². The summed E-state index contributed by atoms with van der Waals surface area (Å²) in [5, 5.41) is 0. The third-order valence-electron chi connectivity index (χ3n) is 7.53. The van der Waals surface area contributed by atoms with E-state index in [9.17, 15) is 4.79 Å². The number of rotatable bonds is 14. The number of benzene rings is 2. The van der Waals surface area contributed by atoms with Crippen molar-refractivity contribution in [3.63, 3.8) is 0 Å². The van der Waals surface area contributed by atoms with Crippen molar-refractivity contribution in [3.8, 4) is 0 Å². The number of nitrogens with zero attached hydrogens (tertiary/aromatic N) is 2. The second-order valence-corrected chi connectivity index (χ2v) is 10.6. The van der Waals surface area contributed by atoms with E-state index in [-0.39, 0.29) is 41.3 Å². The molecule has 0 spiro atoms. The van der Waals surface area contributed by atoms with Crippen molar-refractivity contribution >= 4 is 41.3 Å². The third-order valence-corrected chi connectivity index (χ3v) is 7.53. The van der Waals surface area contributed by atoms with Gasteiger partial charge >= 0.3 is 0 Å². The highest BCUT2D eigenvalue weighted by molar-refractivity contribution is 14.0. The minimum atomic E-state index is -0.0231. The Morgan fingerprint density at radius 3 is 2.03 bits per heavy atom. The van der Waals surface area contributed by atoms with Crippen molar-refractivity contribution in [1.29, 1.82) is 0 Å². The minimum absolute atomic E-state index is 0. The number of fused-ring (bicyclic) bond motifs is 1. The standard InChI is InChI=1S/C32H46N2O.HI/c1-5-6-7-8-9-10-11-12-13-19-25-34-30-23-18-17-22-29(30)32(3,4)31(34)24-26-33(27(2)35)28-20-15-14-16-21-28;/h14-18,20-24,26,31H,5-13,19,25H2,1-4H3;1H/b26-24+;. The minimum Gasteiger partial charge on any atom is -0.364 e. The lowest BCUT2D eigenvalue weighted by Crippen LogP contribution is -2.41. The van der Waals surface area contributed by atoms with Crippen LogP contribution in [-0.2, 0) is 10.2 Å². The average Bonchev–Trinajstić information content (AvgIpc) is 3.07. The molecule has 0 aliphatic carbocycles. The highest BCUT2D eigenvalue weighted by Crippen LogP contribution is 2.45. The van der Waals surface area contributed by atoms with Crippen LogP contribution in [0, 0.1) is 0 Å². The Hall–Kier alpha value is -1.82. The molecule has 0 aromatic heterocycles. The Bertz CT molecular complexity index is 940. The number of carbonyl (C=O) groups excluding carboxylic acids is 1. The zero-order valence-electron chi connectivity index (χ0n) is 22.9. The summed E-state index contributed by atoms with van der Waals surface area (Å²) in [6.07, 6.45) is 17.7. The molecule has 3 nitrogen and oxygen atoms in total. The Balaban J connectivity index is 0.00000456. The number of carbonyl (C=O) groups is 1. The first-order valence-electron chi connectivity index (χ1n) is 13.9. The van der Waals surface area contributed by atoms with Crippen molar-refractivity contribution < 1.29 is 4.79 Å². The van der Waals surface area contributed by atoms with E-state index in [1.807, 2.05) is 36.5 Å². The number of amides is 1. The molecule has 0 saturated heterocycles. The molecule has 1 atom stereocenters. The van der Waals surface area contributed by atoms with Gasteiger partial charge in [0.15, 0.2) is 0 Å². The molecular weight excluding hydrogens is 555 g/mol. The molecule has 0 bridgehead atoms. The van der Waals surface area contributed by atoms with Gasteiger partial charge in [-0.1, -0.05) is 115 Å². The summed E-state index contributed by atoms with van der Waals surface area (Å²) in [5.41, 5.74) is 3.63. The highest BCUT2D eigenvalue weighted by Gasteiger charge is 2.42. The molecule has 0 N–H and O–H groups in total. The van der Waals surface area contributed by atoms with E-state index >= 15 is 0 Å². The molecule has 1 unspecified atom stereocenters. The van der Waals surface area contributed by atoms with E-state index in [0.717, 1.165) is 12.2 Å².